The second kappa shape index (κ2) is 11.6. The standard InChI is InChI=1S/C28H34N4O3S2/c1-6-16-32-24(18-12-14-19(15-13-18)28(2,3)4)30-31-27(32)36-17-22(33)29-25-23(26(34)35-5)20-10-8-7-9-11-21(20)37-25/h6,12-15H,1,7-11,16-17H2,2-5H3,(H,29,33). The smallest absolute Gasteiger partial charge is 0.341 e. The lowest BCUT2D eigenvalue weighted by molar-refractivity contribution is -0.113. The number of allylic oxidation sites excluding steroid dienone is 1. The second-order valence-corrected chi connectivity index (χ2v) is 12.2. The summed E-state index contributed by atoms with van der Waals surface area (Å²) in [6, 6.07) is 8.34. The van der Waals surface area contributed by atoms with Gasteiger partial charge < -0.3 is 10.1 Å². The van der Waals surface area contributed by atoms with Gasteiger partial charge in [0.05, 0.1) is 18.4 Å². The number of nitrogens with one attached hydrogen (secondary N) is 1. The van der Waals surface area contributed by atoms with Crippen molar-refractivity contribution < 1.29 is 14.3 Å². The van der Waals surface area contributed by atoms with Crippen LogP contribution in [-0.2, 0) is 34.3 Å². The van der Waals surface area contributed by atoms with E-state index in [-0.39, 0.29) is 17.1 Å². The normalized spacial score (nSPS) is 13.5. The van der Waals surface area contributed by atoms with Gasteiger partial charge in [0.15, 0.2) is 11.0 Å². The van der Waals surface area contributed by atoms with Gasteiger partial charge >= 0.3 is 5.97 Å². The first-order chi connectivity index (χ1) is 17.7. The highest BCUT2D eigenvalue weighted by molar-refractivity contribution is 7.99. The lowest BCUT2D eigenvalue weighted by Gasteiger charge is -2.19. The van der Waals surface area contributed by atoms with E-state index < -0.39 is 5.97 Å². The van der Waals surface area contributed by atoms with Crippen LogP contribution in [0.5, 0.6) is 0 Å². The van der Waals surface area contributed by atoms with E-state index in [4.69, 9.17) is 4.74 Å². The fourth-order valence-electron chi connectivity index (χ4n) is 4.46. The molecule has 7 nitrogen and oxygen atoms in total. The molecule has 0 saturated heterocycles. The summed E-state index contributed by atoms with van der Waals surface area (Å²) in [6.45, 7) is 11.0. The SMILES string of the molecule is C=CCn1c(SCC(=O)Nc2sc3c(c2C(=O)OC)CCCCC3)nnc1-c1ccc(C(C)(C)C)cc1. The van der Waals surface area contributed by atoms with E-state index in [0.717, 1.165) is 49.1 Å². The van der Waals surface area contributed by atoms with Crippen molar-refractivity contribution in [3.05, 3.63) is 58.5 Å². The molecule has 0 unspecified atom stereocenters. The molecule has 196 valence electrons. The summed E-state index contributed by atoms with van der Waals surface area (Å²) < 4.78 is 7.01. The molecule has 1 aliphatic carbocycles. The Labute approximate surface area is 226 Å². The fourth-order valence-corrected chi connectivity index (χ4v) is 6.50. The van der Waals surface area contributed by atoms with Crippen LogP contribution in [0.25, 0.3) is 11.4 Å². The highest BCUT2D eigenvalue weighted by Gasteiger charge is 2.26. The van der Waals surface area contributed by atoms with Crippen LogP contribution in [0.2, 0.25) is 0 Å². The molecular formula is C28H34N4O3S2. The van der Waals surface area contributed by atoms with Gasteiger partial charge in [0.2, 0.25) is 5.91 Å². The molecular weight excluding hydrogens is 504 g/mol. The molecule has 4 rings (SSSR count). The van der Waals surface area contributed by atoms with Crippen LogP contribution in [0.4, 0.5) is 5.00 Å². The maximum atomic E-state index is 13.0. The number of carbonyl (C=O) groups excluding carboxylic acids is 2. The Balaban J connectivity index is 1.50. The predicted octanol–water partition coefficient (Wildman–Crippen LogP) is 6.28. The van der Waals surface area contributed by atoms with E-state index in [1.165, 1.54) is 40.6 Å². The number of amides is 1. The number of anilines is 1. The zero-order valence-electron chi connectivity index (χ0n) is 21.9. The number of ether oxygens (including phenoxy) is 1. The van der Waals surface area contributed by atoms with Gasteiger partial charge in [-0.25, -0.2) is 4.79 Å². The summed E-state index contributed by atoms with van der Waals surface area (Å²) in [6.07, 6.45) is 6.84. The summed E-state index contributed by atoms with van der Waals surface area (Å²) in [7, 11) is 1.38. The number of thioether (sulfide) groups is 1. The summed E-state index contributed by atoms with van der Waals surface area (Å²) >= 11 is 2.81. The maximum absolute atomic E-state index is 13.0. The molecule has 0 bridgehead atoms. The van der Waals surface area contributed by atoms with Gasteiger partial charge in [-0.15, -0.1) is 28.1 Å². The number of rotatable bonds is 8. The number of fused-ring (bicyclic) bond motifs is 1. The molecule has 1 amide bonds. The third-order valence-corrected chi connectivity index (χ3v) is 8.61. The third-order valence-electron chi connectivity index (χ3n) is 6.43. The van der Waals surface area contributed by atoms with Gasteiger partial charge in [-0.05, 0) is 42.2 Å². The molecule has 1 N–H and O–H groups in total. The van der Waals surface area contributed by atoms with E-state index in [1.54, 1.807) is 6.08 Å². The number of esters is 1. The first-order valence-corrected chi connectivity index (χ1v) is 14.3. The third kappa shape index (κ3) is 6.15. The van der Waals surface area contributed by atoms with Crippen molar-refractivity contribution in [3.8, 4) is 11.4 Å². The molecule has 1 aliphatic rings. The van der Waals surface area contributed by atoms with Gasteiger partial charge in [0.1, 0.15) is 5.00 Å². The minimum absolute atomic E-state index is 0.0660. The Morgan fingerprint density at radius 1 is 1.16 bits per heavy atom. The fraction of sp³-hybridized carbons (Fsp3) is 0.429. The van der Waals surface area contributed by atoms with E-state index in [9.17, 15) is 9.59 Å². The summed E-state index contributed by atoms with van der Waals surface area (Å²) in [4.78, 5) is 26.7. The lowest BCUT2D eigenvalue weighted by atomic mass is 9.87. The highest BCUT2D eigenvalue weighted by Crippen LogP contribution is 2.38. The van der Waals surface area contributed by atoms with E-state index in [0.29, 0.717) is 22.3 Å². The molecule has 0 atom stereocenters. The number of benzene rings is 1. The molecule has 2 aromatic heterocycles. The minimum Gasteiger partial charge on any atom is -0.465 e. The molecule has 2 heterocycles. The average molecular weight is 539 g/mol. The Morgan fingerprint density at radius 2 is 1.89 bits per heavy atom. The van der Waals surface area contributed by atoms with Crippen molar-refractivity contribution in [1.82, 2.24) is 14.8 Å². The zero-order chi connectivity index (χ0) is 26.6. The summed E-state index contributed by atoms with van der Waals surface area (Å²) in [5.41, 5.74) is 3.82. The molecule has 9 heteroatoms. The van der Waals surface area contributed by atoms with Crippen molar-refractivity contribution in [3.63, 3.8) is 0 Å². The highest BCUT2D eigenvalue weighted by atomic mass is 32.2. The number of aromatic nitrogens is 3. The van der Waals surface area contributed by atoms with Crippen LogP contribution in [0.3, 0.4) is 0 Å². The van der Waals surface area contributed by atoms with E-state index >= 15 is 0 Å². The number of aryl methyl sites for hydroxylation is 1. The topological polar surface area (TPSA) is 86.1 Å². The van der Waals surface area contributed by atoms with Gasteiger partial charge in [-0.3, -0.25) is 9.36 Å². The molecule has 0 aliphatic heterocycles. The first-order valence-electron chi connectivity index (χ1n) is 12.5. The largest absolute Gasteiger partial charge is 0.465 e. The Bertz CT molecular complexity index is 1290. The Kier molecular flexibility index (Phi) is 8.54. The number of hydrogen-bond acceptors (Lipinski definition) is 7. The Hall–Kier alpha value is -2.91. The molecule has 1 aromatic carbocycles. The summed E-state index contributed by atoms with van der Waals surface area (Å²) in [5, 5.41) is 13.0. The van der Waals surface area contributed by atoms with Crippen LogP contribution >= 0.6 is 23.1 Å². The lowest BCUT2D eigenvalue weighted by Crippen LogP contribution is -2.16. The van der Waals surface area contributed by atoms with Crippen LogP contribution in [-0.4, -0.2) is 39.5 Å². The van der Waals surface area contributed by atoms with Gasteiger partial charge in [-0.1, -0.05) is 69.3 Å². The maximum Gasteiger partial charge on any atom is 0.341 e. The monoisotopic (exact) mass is 538 g/mol. The van der Waals surface area contributed by atoms with Gasteiger partial charge in [-0.2, -0.15) is 0 Å². The van der Waals surface area contributed by atoms with E-state index in [1.807, 2.05) is 4.57 Å². The van der Waals surface area contributed by atoms with Crippen molar-refractivity contribution in [2.24, 2.45) is 0 Å². The summed E-state index contributed by atoms with van der Waals surface area (Å²) in [5.74, 6) is 0.283. The molecule has 0 radical (unpaired) electrons. The number of carbonyl (C=O) groups is 2. The molecule has 37 heavy (non-hydrogen) atoms. The molecule has 3 aromatic rings. The number of hydrogen-bond donors (Lipinski definition) is 1. The Morgan fingerprint density at radius 3 is 2.57 bits per heavy atom. The zero-order valence-corrected chi connectivity index (χ0v) is 23.6. The van der Waals surface area contributed by atoms with Crippen LogP contribution in [0, 0.1) is 0 Å². The van der Waals surface area contributed by atoms with Crippen LogP contribution in [0.1, 0.15) is 66.4 Å². The van der Waals surface area contributed by atoms with E-state index in [2.05, 4.69) is 67.1 Å². The second-order valence-electron chi connectivity index (χ2n) is 10.1. The van der Waals surface area contributed by atoms with Crippen LogP contribution in [0.15, 0.2) is 42.1 Å². The van der Waals surface area contributed by atoms with Crippen LogP contribution < -0.4 is 5.32 Å². The molecule has 0 saturated carbocycles. The van der Waals surface area contributed by atoms with Crippen molar-refractivity contribution in [2.75, 3.05) is 18.2 Å². The van der Waals surface area contributed by atoms with Gasteiger partial charge in [0, 0.05) is 17.0 Å². The molecule has 0 spiro atoms. The quantitative estimate of drug-likeness (QED) is 0.157. The number of methoxy groups -OCH3 is 1. The minimum atomic E-state index is -0.393. The predicted molar refractivity (Wildman–Crippen MR) is 151 cm³/mol. The number of thiophene rings is 1. The van der Waals surface area contributed by atoms with Crippen molar-refractivity contribution >= 4 is 40.0 Å². The number of nitrogens with zero attached hydrogens (tertiary/aromatic N) is 3. The van der Waals surface area contributed by atoms with Crippen molar-refractivity contribution in [1.29, 1.82) is 0 Å². The average Bonchev–Trinajstić information content (AvgIpc) is 3.34. The molecule has 0 fully saturated rings. The van der Waals surface area contributed by atoms with Gasteiger partial charge in [0.25, 0.3) is 0 Å². The first kappa shape index (κ1) is 27.1. The van der Waals surface area contributed by atoms with Crippen molar-refractivity contribution in [2.45, 2.75) is 70.0 Å².